The molecule has 0 N–H and O–H groups in total. The van der Waals surface area contributed by atoms with E-state index in [4.69, 9.17) is 9.47 Å². The van der Waals surface area contributed by atoms with Crippen LogP contribution in [0.4, 0.5) is 0 Å². The molecule has 1 aliphatic heterocycles. The van der Waals surface area contributed by atoms with Crippen molar-refractivity contribution < 1.29 is 9.47 Å². The molecule has 0 bridgehead atoms. The average molecular weight is 140 g/mol. The van der Waals surface area contributed by atoms with Gasteiger partial charge in [-0.3, -0.25) is 0 Å². The van der Waals surface area contributed by atoms with Crippen LogP contribution >= 0.6 is 0 Å². The quantitative estimate of drug-likeness (QED) is 0.418. The van der Waals surface area contributed by atoms with Crippen molar-refractivity contribution >= 4 is 0 Å². The second kappa shape index (κ2) is 2.61. The average Bonchev–Trinajstić information content (AvgIpc) is 2.44. The van der Waals surface area contributed by atoms with Gasteiger partial charge >= 0.3 is 0 Å². The maximum Gasteiger partial charge on any atom is 0.154 e. The van der Waals surface area contributed by atoms with E-state index in [1.54, 1.807) is 7.11 Å². The van der Waals surface area contributed by atoms with Gasteiger partial charge < -0.3 is 9.47 Å². The Morgan fingerprint density at radius 1 is 1.70 bits per heavy atom. The molecule has 0 radical (unpaired) electrons. The molecule has 0 saturated carbocycles. The van der Waals surface area contributed by atoms with Gasteiger partial charge in [0.1, 0.15) is 6.10 Å². The summed E-state index contributed by atoms with van der Waals surface area (Å²) in [5.41, 5.74) is -0.217. The third-order valence-electron chi connectivity index (χ3n) is 1.64. The number of ether oxygens (including phenoxy) is 2. The van der Waals surface area contributed by atoms with Crippen LogP contribution in [0.25, 0.3) is 0 Å². The molecule has 0 aromatic rings. The molecule has 0 aliphatic carbocycles. The molecule has 2 nitrogen and oxygen atoms in total. The van der Waals surface area contributed by atoms with E-state index in [9.17, 15) is 0 Å². The monoisotopic (exact) mass is 140 g/mol. The number of hydrogen-bond donors (Lipinski definition) is 0. The second-order valence-corrected chi connectivity index (χ2v) is 2.54. The number of epoxide rings is 1. The summed E-state index contributed by atoms with van der Waals surface area (Å²) in [5.74, 6) is 5.81. The minimum atomic E-state index is -0.217. The van der Waals surface area contributed by atoms with E-state index in [1.165, 1.54) is 0 Å². The lowest BCUT2D eigenvalue weighted by Gasteiger charge is -1.93. The summed E-state index contributed by atoms with van der Waals surface area (Å²) in [6.07, 6.45) is 0.185. The lowest BCUT2D eigenvalue weighted by Crippen LogP contribution is -2.10. The molecule has 1 rings (SSSR count). The Morgan fingerprint density at radius 2 is 2.40 bits per heavy atom. The summed E-state index contributed by atoms with van der Waals surface area (Å²) < 4.78 is 10.2. The normalized spacial score (nSPS) is 36.5. The summed E-state index contributed by atoms with van der Waals surface area (Å²) in [6, 6.07) is 0. The molecule has 1 saturated heterocycles. The van der Waals surface area contributed by atoms with Crippen molar-refractivity contribution in [3.63, 3.8) is 0 Å². The Hall–Kier alpha value is -0.520. The standard InChI is InChI=1S/C8H12O2/c1-4-5-8(2)7(10-8)6-9-3/h7H,6H2,1-3H3/t7-,8-/m0/s1. The fourth-order valence-corrected chi connectivity index (χ4v) is 0.964. The van der Waals surface area contributed by atoms with Gasteiger partial charge in [0.15, 0.2) is 5.60 Å². The van der Waals surface area contributed by atoms with Gasteiger partial charge in [-0.2, -0.15) is 0 Å². The van der Waals surface area contributed by atoms with Crippen LogP contribution in [-0.2, 0) is 9.47 Å². The number of rotatable bonds is 2. The van der Waals surface area contributed by atoms with E-state index in [-0.39, 0.29) is 11.7 Å². The maximum absolute atomic E-state index is 5.29. The molecule has 1 fully saturated rings. The lowest BCUT2D eigenvalue weighted by atomic mass is 10.1. The first-order valence-corrected chi connectivity index (χ1v) is 3.33. The summed E-state index contributed by atoms with van der Waals surface area (Å²) in [6.45, 7) is 4.44. The van der Waals surface area contributed by atoms with Gasteiger partial charge in [0.2, 0.25) is 0 Å². The number of methoxy groups -OCH3 is 1. The van der Waals surface area contributed by atoms with E-state index in [0.29, 0.717) is 6.61 Å². The Bertz CT molecular complexity index is 177. The van der Waals surface area contributed by atoms with Crippen molar-refractivity contribution in [2.45, 2.75) is 25.6 Å². The Morgan fingerprint density at radius 3 is 2.90 bits per heavy atom. The van der Waals surface area contributed by atoms with Crippen LogP contribution in [0.15, 0.2) is 0 Å². The predicted octanol–water partition coefficient (Wildman–Crippen LogP) is 0.814. The zero-order valence-electron chi connectivity index (χ0n) is 6.60. The van der Waals surface area contributed by atoms with Gasteiger partial charge in [0, 0.05) is 7.11 Å². The molecule has 0 spiro atoms. The fraction of sp³-hybridized carbons (Fsp3) is 0.750. The zero-order chi connectivity index (χ0) is 7.61. The van der Waals surface area contributed by atoms with Crippen LogP contribution in [0.5, 0.6) is 0 Å². The first kappa shape index (κ1) is 7.59. The van der Waals surface area contributed by atoms with E-state index in [1.807, 2.05) is 13.8 Å². The molecule has 1 aliphatic rings. The van der Waals surface area contributed by atoms with E-state index < -0.39 is 0 Å². The highest BCUT2D eigenvalue weighted by Crippen LogP contribution is 2.35. The van der Waals surface area contributed by atoms with E-state index in [0.717, 1.165) is 0 Å². The molecule has 1 heterocycles. The Kier molecular flexibility index (Phi) is 1.98. The number of hydrogen-bond acceptors (Lipinski definition) is 2. The first-order valence-electron chi connectivity index (χ1n) is 3.33. The SMILES string of the molecule is CC#C[C@]1(C)O[C@H]1COC. The van der Waals surface area contributed by atoms with Gasteiger partial charge in [0.25, 0.3) is 0 Å². The van der Waals surface area contributed by atoms with Crippen LogP contribution in [0.2, 0.25) is 0 Å². The molecule has 2 atom stereocenters. The molecular formula is C8H12O2. The minimum absolute atomic E-state index is 0.185. The largest absolute Gasteiger partial charge is 0.382 e. The summed E-state index contributed by atoms with van der Waals surface area (Å²) >= 11 is 0. The Balaban J connectivity index is 2.38. The van der Waals surface area contributed by atoms with Crippen molar-refractivity contribution in [1.82, 2.24) is 0 Å². The van der Waals surface area contributed by atoms with Gasteiger partial charge in [-0.15, -0.1) is 5.92 Å². The van der Waals surface area contributed by atoms with Crippen LogP contribution in [0.3, 0.4) is 0 Å². The predicted molar refractivity (Wildman–Crippen MR) is 38.6 cm³/mol. The van der Waals surface area contributed by atoms with E-state index in [2.05, 4.69) is 11.8 Å². The van der Waals surface area contributed by atoms with Crippen molar-refractivity contribution in [1.29, 1.82) is 0 Å². The van der Waals surface area contributed by atoms with Gasteiger partial charge in [0.05, 0.1) is 6.61 Å². The van der Waals surface area contributed by atoms with Crippen molar-refractivity contribution in [2.75, 3.05) is 13.7 Å². The highest BCUT2D eigenvalue weighted by atomic mass is 16.6. The van der Waals surface area contributed by atoms with Crippen LogP contribution in [0, 0.1) is 11.8 Å². The van der Waals surface area contributed by atoms with Gasteiger partial charge in [-0.05, 0) is 13.8 Å². The lowest BCUT2D eigenvalue weighted by molar-refractivity contribution is 0.171. The first-order chi connectivity index (χ1) is 4.73. The topological polar surface area (TPSA) is 21.8 Å². The summed E-state index contributed by atoms with van der Waals surface area (Å²) in [5, 5.41) is 0. The van der Waals surface area contributed by atoms with Crippen molar-refractivity contribution in [3.8, 4) is 11.8 Å². The molecular weight excluding hydrogens is 128 g/mol. The molecule has 0 aromatic heterocycles. The minimum Gasteiger partial charge on any atom is -0.382 e. The van der Waals surface area contributed by atoms with Gasteiger partial charge in [-0.1, -0.05) is 5.92 Å². The Labute approximate surface area is 61.5 Å². The molecule has 0 aromatic carbocycles. The molecule has 0 amide bonds. The van der Waals surface area contributed by atoms with Crippen LogP contribution in [-0.4, -0.2) is 25.4 Å². The molecule has 0 unspecified atom stereocenters. The zero-order valence-corrected chi connectivity index (χ0v) is 6.60. The molecule has 56 valence electrons. The smallest absolute Gasteiger partial charge is 0.154 e. The third-order valence-corrected chi connectivity index (χ3v) is 1.64. The summed E-state index contributed by atoms with van der Waals surface area (Å²) in [7, 11) is 1.67. The van der Waals surface area contributed by atoms with Crippen LogP contribution in [0.1, 0.15) is 13.8 Å². The van der Waals surface area contributed by atoms with Crippen LogP contribution < -0.4 is 0 Å². The second-order valence-electron chi connectivity index (χ2n) is 2.54. The highest BCUT2D eigenvalue weighted by Gasteiger charge is 2.51. The van der Waals surface area contributed by atoms with Crippen molar-refractivity contribution in [3.05, 3.63) is 0 Å². The third kappa shape index (κ3) is 1.31. The molecule has 10 heavy (non-hydrogen) atoms. The maximum atomic E-state index is 5.29. The fourth-order valence-electron chi connectivity index (χ4n) is 0.964. The highest BCUT2D eigenvalue weighted by molar-refractivity contribution is 5.22. The van der Waals surface area contributed by atoms with Crippen molar-refractivity contribution in [2.24, 2.45) is 0 Å². The molecule has 2 heteroatoms. The summed E-state index contributed by atoms with van der Waals surface area (Å²) in [4.78, 5) is 0. The van der Waals surface area contributed by atoms with Gasteiger partial charge in [-0.25, -0.2) is 0 Å². The van der Waals surface area contributed by atoms with E-state index >= 15 is 0 Å².